The summed E-state index contributed by atoms with van der Waals surface area (Å²) in [5.41, 5.74) is 1.01. The molecule has 1 aromatic rings. The molecule has 0 aliphatic carbocycles. The van der Waals surface area contributed by atoms with Crippen LogP contribution in [0.15, 0.2) is 24.3 Å². The minimum Gasteiger partial charge on any atom is -0.473 e. The minimum absolute atomic E-state index is 0.120. The molecule has 8 heteroatoms. The van der Waals surface area contributed by atoms with E-state index < -0.39 is 11.9 Å². The Morgan fingerprint density at radius 3 is 2.17 bits per heavy atom. The van der Waals surface area contributed by atoms with Crippen molar-refractivity contribution in [3.05, 3.63) is 35.6 Å². The lowest BCUT2D eigenvalue weighted by atomic mass is 9.80. The summed E-state index contributed by atoms with van der Waals surface area (Å²) >= 11 is 0. The molecule has 2 atom stereocenters. The third-order valence-corrected chi connectivity index (χ3v) is 3.80. The average Bonchev–Trinajstić information content (AvgIpc) is 2.55. The molecule has 1 saturated heterocycles. The van der Waals surface area contributed by atoms with Crippen LogP contribution >= 0.6 is 0 Å². The largest absolute Gasteiger partial charge is 0.473 e. The van der Waals surface area contributed by atoms with E-state index in [1.807, 2.05) is 7.05 Å². The maximum atomic E-state index is 12.9. The monoisotopic (exact) mass is 341 g/mol. The Morgan fingerprint density at radius 1 is 1.17 bits per heavy atom. The molecule has 0 radical (unpaired) electrons. The van der Waals surface area contributed by atoms with Crippen molar-refractivity contribution in [3.8, 4) is 0 Å². The maximum absolute atomic E-state index is 12.9. The Balaban J connectivity index is 0.000000413. The standard InChI is InChI=1S/C14H18FNO2.C2H2O4/c1-16-8-7-12(13(9-16)14(17)18-2)10-3-5-11(15)6-4-10;3-1(4)2(5)6/h3-6,12-13H,7-9H2,1-2H3;(H,3,4)(H,5,6)/t12-,13+;/m1./s1. The number of carboxylic acid groups (broad SMARTS) is 2. The number of hydrogen-bond acceptors (Lipinski definition) is 5. The number of rotatable bonds is 2. The Hall–Kier alpha value is -2.48. The molecule has 1 aliphatic rings. The van der Waals surface area contributed by atoms with Crippen molar-refractivity contribution in [2.24, 2.45) is 5.92 Å². The highest BCUT2D eigenvalue weighted by molar-refractivity contribution is 6.27. The van der Waals surface area contributed by atoms with Gasteiger partial charge in [-0.25, -0.2) is 14.0 Å². The van der Waals surface area contributed by atoms with Crippen molar-refractivity contribution in [2.45, 2.75) is 12.3 Å². The van der Waals surface area contributed by atoms with Gasteiger partial charge in [-0.1, -0.05) is 12.1 Å². The number of carbonyl (C=O) groups excluding carboxylic acids is 1. The first-order valence-electron chi connectivity index (χ1n) is 7.24. The number of likely N-dealkylation sites (tertiary alicyclic amines) is 1. The van der Waals surface area contributed by atoms with Gasteiger partial charge in [-0.2, -0.15) is 0 Å². The number of ether oxygens (including phenoxy) is 1. The van der Waals surface area contributed by atoms with E-state index in [0.717, 1.165) is 18.5 Å². The van der Waals surface area contributed by atoms with Crippen LogP contribution in [0.3, 0.4) is 0 Å². The van der Waals surface area contributed by atoms with Crippen LogP contribution in [0.5, 0.6) is 0 Å². The van der Waals surface area contributed by atoms with E-state index in [0.29, 0.717) is 6.54 Å². The molecule has 0 spiro atoms. The Morgan fingerprint density at radius 2 is 1.71 bits per heavy atom. The van der Waals surface area contributed by atoms with E-state index in [1.165, 1.54) is 19.2 Å². The molecule has 2 N–H and O–H groups in total. The fraction of sp³-hybridized carbons (Fsp3) is 0.438. The predicted molar refractivity (Wildman–Crippen MR) is 82.0 cm³/mol. The first-order valence-corrected chi connectivity index (χ1v) is 7.24. The van der Waals surface area contributed by atoms with Crippen LogP contribution in [0.1, 0.15) is 17.9 Å². The molecule has 0 amide bonds. The van der Waals surface area contributed by atoms with Gasteiger partial charge in [0.05, 0.1) is 13.0 Å². The summed E-state index contributed by atoms with van der Waals surface area (Å²) in [5.74, 6) is -4.13. The average molecular weight is 341 g/mol. The lowest BCUT2D eigenvalue weighted by Gasteiger charge is -2.35. The van der Waals surface area contributed by atoms with Crippen molar-refractivity contribution in [1.82, 2.24) is 4.90 Å². The fourth-order valence-electron chi connectivity index (χ4n) is 2.61. The van der Waals surface area contributed by atoms with Crippen molar-refractivity contribution < 1.29 is 33.7 Å². The zero-order valence-electron chi connectivity index (χ0n) is 13.4. The van der Waals surface area contributed by atoms with E-state index in [1.54, 1.807) is 12.1 Å². The third-order valence-electron chi connectivity index (χ3n) is 3.80. The molecule has 7 nitrogen and oxygen atoms in total. The minimum atomic E-state index is -1.82. The van der Waals surface area contributed by atoms with Crippen molar-refractivity contribution >= 4 is 17.9 Å². The zero-order chi connectivity index (χ0) is 18.3. The van der Waals surface area contributed by atoms with Crippen LogP contribution in [-0.2, 0) is 19.1 Å². The molecule has 2 rings (SSSR count). The molecule has 0 aromatic heterocycles. The second-order valence-electron chi connectivity index (χ2n) is 5.45. The molecule has 0 bridgehead atoms. The van der Waals surface area contributed by atoms with Gasteiger partial charge in [-0.15, -0.1) is 0 Å². The van der Waals surface area contributed by atoms with Crippen LogP contribution in [0.4, 0.5) is 4.39 Å². The van der Waals surface area contributed by atoms with Gasteiger partial charge in [0.2, 0.25) is 0 Å². The number of aliphatic carboxylic acids is 2. The smallest absolute Gasteiger partial charge is 0.414 e. The summed E-state index contributed by atoms with van der Waals surface area (Å²) in [6.45, 7) is 1.63. The summed E-state index contributed by atoms with van der Waals surface area (Å²) in [6, 6.07) is 6.42. The number of carbonyl (C=O) groups is 3. The van der Waals surface area contributed by atoms with Crippen molar-refractivity contribution in [2.75, 3.05) is 27.2 Å². The molecule has 1 aliphatic heterocycles. The molecule has 1 fully saturated rings. The highest BCUT2D eigenvalue weighted by Crippen LogP contribution is 2.33. The lowest BCUT2D eigenvalue weighted by molar-refractivity contribution is -0.159. The first kappa shape index (κ1) is 19.6. The Labute approximate surface area is 138 Å². The number of benzene rings is 1. The van der Waals surface area contributed by atoms with Crippen LogP contribution in [0, 0.1) is 11.7 Å². The summed E-state index contributed by atoms with van der Waals surface area (Å²) < 4.78 is 17.8. The van der Waals surface area contributed by atoms with Gasteiger partial charge in [0.25, 0.3) is 0 Å². The third kappa shape index (κ3) is 5.62. The summed E-state index contributed by atoms with van der Waals surface area (Å²) in [7, 11) is 3.41. The van der Waals surface area contributed by atoms with Gasteiger partial charge >= 0.3 is 17.9 Å². The number of piperidine rings is 1. The van der Waals surface area contributed by atoms with E-state index in [2.05, 4.69) is 4.90 Å². The van der Waals surface area contributed by atoms with E-state index in [9.17, 15) is 9.18 Å². The molecular weight excluding hydrogens is 321 g/mol. The number of halogens is 1. The van der Waals surface area contributed by atoms with E-state index in [4.69, 9.17) is 24.5 Å². The Kier molecular flexibility index (Phi) is 7.31. The number of methoxy groups -OCH3 is 1. The van der Waals surface area contributed by atoms with Gasteiger partial charge in [0, 0.05) is 6.54 Å². The summed E-state index contributed by atoms with van der Waals surface area (Å²) in [4.78, 5) is 32.2. The molecule has 1 heterocycles. The van der Waals surface area contributed by atoms with Crippen LogP contribution < -0.4 is 0 Å². The Bertz CT molecular complexity index is 577. The molecule has 132 valence electrons. The summed E-state index contributed by atoms with van der Waals surface area (Å²) in [5, 5.41) is 14.8. The van der Waals surface area contributed by atoms with Gasteiger partial charge in [0.15, 0.2) is 0 Å². The molecular formula is C16H20FNO6. The second-order valence-corrected chi connectivity index (χ2v) is 5.45. The van der Waals surface area contributed by atoms with Gasteiger partial charge in [0.1, 0.15) is 5.82 Å². The SMILES string of the molecule is COC(=O)[C@H]1CN(C)CC[C@@H]1c1ccc(F)cc1.O=C(O)C(=O)O. The van der Waals surface area contributed by atoms with Crippen LogP contribution in [0.25, 0.3) is 0 Å². The molecule has 1 aromatic carbocycles. The highest BCUT2D eigenvalue weighted by Gasteiger charge is 2.34. The number of nitrogens with zero attached hydrogens (tertiary/aromatic N) is 1. The second kappa shape index (κ2) is 8.97. The maximum Gasteiger partial charge on any atom is 0.414 e. The van der Waals surface area contributed by atoms with Crippen molar-refractivity contribution in [1.29, 1.82) is 0 Å². The van der Waals surface area contributed by atoms with E-state index >= 15 is 0 Å². The number of hydrogen-bond donors (Lipinski definition) is 2. The first-order chi connectivity index (χ1) is 11.3. The quantitative estimate of drug-likeness (QED) is 0.615. The van der Waals surface area contributed by atoms with Crippen LogP contribution in [0.2, 0.25) is 0 Å². The molecule has 0 unspecified atom stereocenters. The van der Waals surface area contributed by atoms with Gasteiger partial charge in [-0.3, -0.25) is 4.79 Å². The van der Waals surface area contributed by atoms with Gasteiger partial charge < -0.3 is 19.8 Å². The molecule has 24 heavy (non-hydrogen) atoms. The molecule has 0 saturated carbocycles. The number of carboxylic acids is 2. The highest BCUT2D eigenvalue weighted by atomic mass is 19.1. The zero-order valence-corrected chi connectivity index (χ0v) is 13.4. The summed E-state index contributed by atoms with van der Waals surface area (Å²) in [6.07, 6.45) is 0.891. The van der Waals surface area contributed by atoms with Gasteiger partial charge in [-0.05, 0) is 43.6 Å². The predicted octanol–water partition coefficient (Wildman–Crippen LogP) is 1.19. The van der Waals surface area contributed by atoms with Crippen LogP contribution in [-0.4, -0.2) is 60.3 Å². The normalized spacial score (nSPS) is 20.5. The topological polar surface area (TPSA) is 104 Å². The van der Waals surface area contributed by atoms with E-state index in [-0.39, 0.29) is 23.6 Å². The fourth-order valence-corrected chi connectivity index (χ4v) is 2.61. The number of esters is 1. The van der Waals surface area contributed by atoms with Crippen molar-refractivity contribution in [3.63, 3.8) is 0 Å². The lowest BCUT2D eigenvalue weighted by Crippen LogP contribution is -2.41.